The number of hydrogen-bond acceptors (Lipinski definition) is 6. The van der Waals surface area contributed by atoms with E-state index in [9.17, 15) is 19.5 Å². The molecule has 0 radical (unpaired) electrons. The van der Waals surface area contributed by atoms with Crippen LogP contribution in [0.2, 0.25) is 5.02 Å². The minimum absolute atomic E-state index is 0.149. The van der Waals surface area contributed by atoms with E-state index in [1.54, 1.807) is 54.6 Å². The highest BCUT2D eigenvalue weighted by molar-refractivity contribution is 14.1. The molecule has 3 aromatic rings. The van der Waals surface area contributed by atoms with Crippen LogP contribution in [0.15, 0.2) is 65.6 Å². The fraction of sp³-hybridized carbons (Fsp3) is 0.115. The second kappa shape index (κ2) is 11.4. The number of aromatic carboxylic acids is 1. The van der Waals surface area contributed by atoms with Crippen LogP contribution in [0.3, 0.4) is 0 Å². The van der Waals surface area contributed by atoms with Crippen molar-refractivity contribution in [1.29, 1.82) is 0 Å². The molecular formula is C26H19ClINO6S. The first-order valence-corrected chi connectivity index (χ1v) is 13.0. The van der Waals surface area contributed by atoms with E-state index in [0.29, 0.717) is 39.9 Å². The van der Waals surface area contributed by atoms with E-state index >= 15 is 0 Å². The summed E-state index contributed by atoms with van der Waals surface area (Å²) in [6.45, 7) is 2.38. The molecule has 4 rings (SSSR count). The summed E-state index contributed by atoms with van der Waals surface area (Å²) in [4.78, 5) is 38.2. The van der Waals surface area contributed by atoms with Crippen molar-refractivity contribution in [3.8, 4) is 11.5 Å². The van der Waals surface area contributed by atoms with Crippen molar-refractivity contribution in [3.05, 3.63) is 90.9 Å². The average Bonchev–Trinajstić information content (AvgIpc) is 3.12. The molecule has 7 nitrogen and oxygen atoms in total. The minimum atomic E-state index is -1.01. The zero-order chi connectivity index (χ0) is 25.8. The number of nitrogens with zero attached hydrogens (tertiary/aromatic N) is 1. The van der Waals surface area contributed by atoms with Gasteiger partial charge in [0.25, 0.3) is 11.1 Å². The molecule has 2 amide bonds. The maximum atomic E-state index is 13.0. The van der Waals surface area contributed by atoms with Crippen LogP contribution in [0.4, 0.5) is 10.5 Å². The first-order valence-electron chi connectivity index (χ1n) is 10.7. The molecule has 1 heterocycles. The number of ether oxygens (including phenoxy) is 2. The number of carboxylic acids is 1. The maximum absolute atomic E-state index is 13.0. The van der Waals surface area contributed by atoms with Gasteiger partial charge in [-0.1, -0.05) is 23.7 Å². The van der Waals surface area contributed by atoms with Gasteiger partial charge in [0.05, 0.1) is 26.3 Å². The average molecular weight is 636 g/mol. The van der Waals surface area contributed by atoms with Crippen molar-refractivity contribution < 1.29 is 29.0 Å². The maximum Gasteiger partial charge on any atom is 0.335 e. The van der Waals surface area contributed by atoms with E-state index in [4.69, 9.17) is 21.1 Å². The Hall–Kier alpha value is -3.02. The van der Waals surface area contributed by atoms with Gasteiger partial charge in [-0.25, -0.2) is 9.69 Å². The van der Waals surface area contributed by atoms with Gasteiger partial charge in [0.15, 0.2) is 11.5 Å². The second-order valence-electron chi connectivity index (χ2n) is 7.55. The monoisotopic (exact) mass is 635 g/mol. The van der Waals surface area contributed by atoms with Crippen molar-refractivity contribution >= 4 is 74.8 Å². The van der Waals surface area contributed by atoms with Crippen molar-refractivity contribution in [2.75, 3.05) is 11.5 Å². The summed E-state index contributed by atoms with van der Waals surface area (Å²) in [5, 5.41) is 9.32. The third kappa shape index (κ3) is 5.85. The lowest BCUT2D eigenvalue weighted by molar-refractivity contribution is -0.113. The Morgan fingerprint density at radius 3 is 2.56 bits per heavy atom. The Balaban J connectivity index is 1.59. The van der Waals surface area contributed by atoms with Crippen LogP contribution >= 0.6 is 46.0 Å². The fourth-order valence-electron chi connectivity index (χ4n) is 3.46. The molecule has 1 N–H and O–H groups in total. The predicted molar refractivity (Wildman–Crippen MR) is 148 cm³/mol. The molecule has 0 saturated carbocycles. The SMILES string of the molecule is CCOc1cc(/C=C2/SC(=O)N(c3ccc(Cl)cc3)C2=O)cc(I)c1OCc1cccc(C(=O)O)c1. The molecule has 1 saturated heterocycles. The smallest absolute Gasteiger partial charge is 0.335 e. The lowest BCUT2D eigenvalue weighted by atomic mass is 10.1. The quantitative estimate of drug-likeness (QED) is 0.214. The molecular weight excluding hydrogens is 617 g/mol. The first kappa shape index (κ1) is 26.1. The summed E-state index contributed by atoms with van der Waals surface area (Å²) in [5.41, 5.74) is 2.00. The molecule has 36 heavy (non-hydrogen) atoms. The highest BCUT2D eigenvalue weighted by Crippen LogP contribution is 2.39. The first-order chi connectivity index (χ1) is 17.3. The highest BCUT2D eigenvalue weighted by atomic mass is 127. The Morgan fingerprint density at radius 1 is 1.11 bits per heavy atom. The number of imide groups is 1. The molecule has 0 unspecified atom stereocenters. The van der Waals surface area contributed by atoms with Crippen molar-refractivity contribution in [2.45, 2.75) is 13.5 Å². The largest absolute Gasteiger partial charge is 0.490 e. The van der Waals surface area contributed by atoms with Crippen LogP contribution in [0.5, 0.6) is 11.5 Å². The molecule has 0 spiro atoms. The van der Waals surface area contributed by atoms with Crippen LogP contribution in [-0.4, -0.2) is 28.8 Å². The van der Waals surface area contributed by atoms with Crippen LogP contribution in [0, 0.1) is 3.57 Å². The van der Waals surface area contributed by atoms with Gasteiger partial charge in [0, 0.05) is 5.02 Å². The van der Waals surface area contributed by atoms with E-state index < -0.39 is 17.1 Å². The van der Waals surface area contributed by atoms with E-state index in [1.807, 2.05) is 13.0 Å². The molecule has 0 aliphatic carbocycles. The van der Waals surface area contributed by atoms with Gasteiger partial charge < -0.3 is 14.6 Å². The van der Waals surface area contributed by atoms with Gasteiger partial charge in [-0.3, -0.25) is 9.59 Å². The van der Waals surface area contributed by atoms with Crippen LogP contribution in [0.25, 0.3) is 6.08 Å². The number of amides is 2. The number of hydrogen-bond donors (Lipinski definition) is 1. The van der Waals surface area contributed by atoms with Crippen LogP contribution in [0.1, 0.15) is 28.4 Å². The molecule has 10 heteroatoms. The van der Waals surface area contributed by atoms with Gasteiger partial charge in [0.1, 0.15) is 6.61 Å². The number of carboxylic acid groups (broad SMARTS) is 1. The van der Waals surface area contributed by atoms with Crippen molar-refractivity contribution in [2.24, 2.45) is 0 Å². The van der Waals surface area contributed by atoms with Crippen molar-refractivity contribution in [3.63, 3.8) is 0 Å². The summed E-state index contributed by atoms with van der Waals surface area (Å²) in [6, 6.07) is 16.6. The highest BCUT2D eigenvalue weighted by Gasteiger charge is 2.36. The van der Waals surface area contributed by atoms with Crippen LogP contribution < -0.4 is 14.4 Å². The number of anilines is 1. The summed E-state index contributed by atoms with van der Waals surface area (Å²) >= 11 is 8.89. The second-order valence-corrected chi connectivity index (χ2v) is 10.1. The summed E-state index contributed by atoms with van der Waals surface area (Å²) in [7, 11) is 0. The molecule has 1 aliphatic rings. The molecule has 1 fully saturated rings. The lowest BCUT2D eigenvalue weighted by Crippen LogP contribution is -2.27. The zero-order valence-electron chi connectivity index (χ0n) is 18.9. The normalized spacial score (nSPS) is 14.4. The Morgan fingerprint density at radius 2 is 1.86 bits per heavy atom. The van der Waals surface area contributed by atoms with E-state index in [-0.39, 0.29) is 17.1 Å². The molecule has 0 aromatic heterocycles. The van der Waals surface area contributed by atoms with Gasteiger partial charge in [-0.2, -0.15) is 0 Å². The predicted octanol–water partition coefficient (Wildman–Crippen LogP) is 6.86. The van der Waals surface area contributed by atoms with Gasteiger partial charge in [-0.15, -0.1) is 0 Å². The zero-order valence-corrected chi connectivity index (χ0v) is 22.6. The molecule has 3 aromatic carbocycles. The van der Waals surface area contributed by atoms with Gasteiger partial charge in [0.2, 0.25) is 0 Å². The van der Waals surface area contributed by atoms with E-state index in [1.165, 1.54) is 6.07 Å². The standard InChI is InChI=1S/C26H19ClINO6S/c1-2-34-21-12-16(11-20(28)23(21)35-14-15-4-3-5-17(10-15)25(31)32)13-22-24(30)29(26(33)36-22)19-8-6-18(27)7-9-19/h3-13H,2,14H2,1H3,(H,31,32)/b22-13+. The third-order valence-electron chi connectivity index (χ3n) is 5.07. The molecule has 0 bridgehead atoms. The number of benzene rings is 3. The summed E-state index contributed by atoms with van der Waals surface area (Å²) in [5.74, 6) is -0.447. The van der Waals surface area contributed by atoms with Crippen molar-refractivity contribution in [1.82, 2.24) is 0 Å². The van der Waals surface area contributed by atoms with Crippen LogP contribution in [-0.2, 0) is 11.4 Å². The Bertz CT molecular complexity index is 1380. The third-order valence-corrected chi connectivity index (χ3v) is 6.99. The number of carbonyl (C=O) groups is 3. The Kier molecular flexibility index (Phi) is 8.22. The summed E-state index contributed by atoms with van der Waals surface area (Å²) < 4.78 is 12.5. The lowest BCUT2D eigenvalue weighted by Gasteiger charge is -2.15. The number of thioether (sulfide) groups is 1. The number of halogens is 2. The Labute approximate surface area is 230 Å². The molecule has 0 atom stereocenters. The molecule has 1 aliphatic heterocycles. The van der Waals surface area contributed by atoms with Gasteiger partial charge in [-0.05, 0) is 107 Å². The minimum Gasteiger partial charge on any atom is -0.490 e. The van der Waals surface area contributed by atoms with E-state index in [0.717, 1.165) is 20.2 Å². The fourth-order valence-corrected chi connectivity index (χ4v) is 5.20. The number of carbonyl (C=O) groups excluding carboxylic acids is 2. The number of rotatable bonds is 8. The van der Waals surface area contributed by atoms with Gasteiger partial charge >= 0.3 is 5.97 Å². The molecule has 184 valence electrons. The topological polar surface area (TPSA) is 93.1 Å². The van der Waals surface area contributed by atoms with E-state index in [2.05, 4.69) is 22.6 Å². The summed E-state index contributed by atoms with van der Waals surface area (Å²) in [6.07, 6.45) is 1.64.